The summed E-state index contributed by atoms with van der Waals surface area (Å²) in [6.07, 6.45) is 1.52. The third kappa shape index (κ3) is 4.23. The van der Waals surface area contributed by atoms with Crippen LogP contribution < -0.4 is 15.5 Å². The average Bonchev–Trinajstić information content (AvgIpc) is 2.83. The van der Waals surface area contributed by atoms with Gasteiger partial charge >= 0.3 is 0 Å². The summed E-state index contributed by atoms with van der Waals surface area (Å²) in [5, 5.41) is 6.14. The Balaban J connectivity index is 2.04. The smallest absolute Gasteiger partial charge is 0.242 e. The summed E-state index contributed by atoms with van der Waals surface area (Å²) in [6, 6.07) is 7.31. The molecule has 1 aromatic rings. The SMILES string of the molecule is CC(Nc1cccc(N2CCCC2=O)c1)C(=O)NC(C)(C)C. The van der Waals surface area contributed by atoms with Crippen molar-refractivity contribution in [3.63, 3.8) is 0 Å². The van der Waals surface area contributed by atoms with Crippen molar-refractivity contribution in [3.8, 4) is 0 Å². The molecule has 0 aromatic heterocycles. The van der Waals surface area contributed by atoms with E-state index in [1.807, 2.05) is 52.0 Å². The van der Waals surface area contributed by atoms with Crippen LogP contribution in [0.1, 0.15) is 40.5 Å². The molecule has 5 heteroatoms. The lowest BCUT2D eigenvalue weighted by atomic mass is 10.1. The molecule has 1 fully saturated rings. The molecule has 1 unspecified atom stereocenters. The number of nitrogens with zero attached hydrogens (tertiary/aromatic N) is 1. The van der Waals surface area contributed by atoms with Gasteiger partial charge in [-0.05, 0) is 52.3 Å². The molecule has 2 N–H and O–H groups in total. The Bertz CT molecular complexity index is 563. The van der Waals surface area contributed by atoms with E-state index in [0.29, 0.717) is 6.42 Å². The summed E-state index contributed by atoms with van der Waals surface area (Å²) in [6.45, 7) is 8.46. The summed E-state index contributed by atoms with van der Waals surface area (Å²) in [5.41, 5.74) is 1.47. The molecule has 0 bridgehead atoms. The van der Waals surface area contributed by atoms with Crippen LogP contribution in [0.3, 0.4) is 0 Å². The molecule has 0 radical (unpaired) electrons. The number of benzene rings is 1. The van der Waals surface area contributed by atoms with Crippen molar-refractivity contribution in [2.45, 2.75) is 52.1 Å². The van der Waals surface area contributed by atoms with Crippen LogP contribution in [0.4, 0.5) is 11.4 Å². The molecule has 1 atom stereocenters. The minimum atomic E-state index is -0.344. The van der Waals surface area contributed by atoms with Crippen LogP contribution >= 0.6 is 0 Å². The van der Waals surface area contributed by atoms with Crippen molar-refractivity contribution in [1.82, 2.24) is 5.32 Å². The highest BCUT2D eigenvalue weighted by molar-refractivity contribution is 5.95. The quantitative estimate of drug-likeness (QED) is 0.898. The largest absolute Gasteiger partial charge is 0.374 e. The lowest BCUT2D eigenvalue weighted by Crippen LogP contribution is -2.47. The van der Waals surface area contributed by atoms with Crippen molar-refractivity contribution in [1.29, 1.82) is 0 Å². The van der Waals surface area contributed by atoms with Crippen LogP contribution in [0.25, 0.3) is 0 Å². The van der Waals surface area contributed by atoms with E-state index in [1.54, 1.807) is 4.90 Å². The lowest BCUT2D eigenvalue weighted by Gasteiger charge is -2.24. The van der Waals surface area contributed by atoms with Crippen molar-refractivity contribution >= 4 is 23.2 Å². The fraction of sp³-hybridized carbons (Fsp3) is 0.529. The number of hydrogen-bond donors (Lipinski definition) is 2. The van der Waals surface area contributed by atoms with Crippen LogP contribution in [0, 0.1) is 0 Å². The van der Waals surface area contributed by atoms with E-state index in [-0.39, 0.29) is 23.4 Å². The number of anilines is 2. The van der Waals surface area contributed by atoms with Gasteiger partial charge in [0.25, 0.3) is 0 Å². The zero-order valence-electron chi connectivity index (χ0n) is 13.8. The summed E-state index contributed by atoms with van der Waals surface area (Å²) in [5.74, 6) is 0.117. The second kappa shape index (κ2) is 6.38. The second-order valence-corrected chi connectivity index (χ2v) is 6.80. The van der Waals surface area contributed by atoms with E-state index >= 15 is 0 Å². The van der Waals surface area contributed by atoms with Gasteiger partial charge in [-0.25, -0.2) is 0 Å². The standard InChI is InChI=1S/C17H25N3O2/c1-12(16(22)19-17(2,3)4)18-13-7-5-8-14(11-13)20-10-6-9-15(20)21/h5,7-8,11-12,18H,6,9-10H2,1-4H3,(H,19,22). The fourth-order valence-corrected chi connectivity index (χ4v) is 2.48. The monoisotopic (exact) mass is 303 g/mol. The Morgan fingerprint density at radius 3 is 2.64 bits per heavy atom. The molecule has 1 aliphatic rings. The number of carbonyl (C=O) groups excluding carboxylic acids is 2. The van der Waals surface area contributed by atoms with Crippen LogP contribution in [-0.4, -0.2) is 29.9 Å². The molecule has 5 nitrogen and oxygen atoms in total. The van der Waals surface area contributed by atoms with Gasteiger partial charge in [-0.15, -0.1) is 0 Å². The number of nitrogens with one attached hydrogen (secondary N) is 2. The van der Waals surface area contributed by atoms with Gasteiger partial charge in [0.15, 0.2) is 0 Å². The molecule has 2 rings (SSSR count). The van der Waals surface area contributed by atoms with Gasteiger partial charge < -0.3 is 15.5 Å². The highest BCUT2D eigenvalue weighted by Gasteiger charge is 2.22. The van der Waals surface area contributed by atoms with Gasteiger partial charge in [0, 0.05) is 29.9 Å². The number of carbonyl (C=O) groups is 2. The van der Waals surface area contributed by atoms with E-state index in [4.69, 9.17) is 0 Å². The molecule has 1 aromatic carbocycles. The Kier molecular flexibility index (Phi) is 4.74. The minimum Gasteiger partial charge on any atom is -0.374 e. The Hall–Kier alpha value is -2.04. The van der Waals surface area contributed by atoms with Gasteiger partial charge in [0.1, 0.15) is 6.04 Å². The summed E-state index contributed by atoms with van der Waals surface area (Å²) < 4.78 is 0. The van der Waals surface area contributed by atoms with Crippen LogP contribution in [0.2, 0.25) is 0 Å². The number of amides is 2. The molecule has 22 heavy (non-hydrogen) atoms. The van der Waals surface area contributed by atoms with E-state index in [2.05, 4.69) is 10.6 Å². The van der Waals surface area contributed by atoms with Crippen molar-refractivity contribution in [2.75, 3.05) is 16.8 Å². The van der Waals surface area contributed by atoms with Crippen molar-refractivity contribution in [3.05, 3.63) is 24.3 Å². The fourth-order valence-electron chi connectivity index (χ4n) is 2.48. The molecule has 0 aliphatic carbocycles. The van der Waals surface area contributed by atoms with Crippen LogP contribution in [-0.2, 0) is 9.59 Å². The van der Waals surface area contributed by atoms with Crippen molar-refractivity contribution in [2.24, 2.45) is 0 Å². The maximum atomic E-state index is 12.1. The van der Waals surface area contributed by atoms with Crippen LogP contribution in [0.5, 0.6) is 0 Å². The normalized spacial score (nSPS) is 16.5. The number of rotatable bonds is 4. The average molecular weight is 303 g/mol. The summed E-state index contributed by atoms with van der Waals surface area (Å²) in [4.78, 5) is 25.7. The van der Waals surface area contributed by atoms with Gasteiger partial charge in [-0.2, -0.15) is 0 Å². The highest BCUT2D eigenvalue weighted by Crippen LogP contribution is 2.24. The third-order valence-electron chi connectivity index (χ3n) is 3.51. The predicted molar refractivity (Wildman–Crippen MR) is 89.0 cm³/mol. The third-order valence-corrected chi connectivity index (χ3v) is 3.51. The molecule has 1 saturated heterocycles. The molecule has 0 saturated carbocycles. The first-order valence-corrected chi connectivity index (χ1v) is 7.75. The Labute approximate surface area is 132 Å². The highest BCUT2D eigenvalue weighted by atomic mass is 16.2. The molecule has 1 heterocycles. The van der Waals surface area contributed by atoms with E-state index in [9.17, 15) is 9.59 Å². The minimum absolute atomic E-state index is 0.0462. The summed E-state index contributed by atoms with van der Waals surface area (Å²) >= 11 is 0. The van der Waals surface area contributed by atoms with Gasteiger partial charge in [0.2, 0.25) is 11.8 Å². The van der Waals surface area contributed by atoms with Crippen LogP contribution in [0.15, 0.2) is 24.3 Å². The van der Waals surface area contributed by atoms with Gasteiger partial charge in [0.05, 0.1) is 0 Å². The lowest BCUT2D eigenvalue weighted by molar-refractivity contribution is -0.123. The Morgan fingerprint density at radius 2 is 2.05 bits per heavy atom. The zero-order chi connectivity index (χ0) is 16.3. The number of hydrogen-bond acceptors (Lipinski definition) is 3. The maximum absolute atomic E-state index is 12.1. The molecule has 120 valence electrons. The molecular formula is C17H25N3O2. The Morgan fingerprint density at radius 1 is 1.32 bits per heavy atom. The molecule has 2 amide bonds. The van der Waals surface area contributed by atoms with E-state index in [1.165, 1.54) is 0 Å². The van der Waals surface area contributed by atoms with E-state index < -0.39 is 0 Å². The van der Waals surface area contributed by atoms with E-state index in [0.717, 1.165) is 24.3 Å². The maximum Gasteiger partial charge on any atom is 0.242 e. The molecule has 0 spiro atoms. The predicted octanol–water partition coefficient (Wildman–Crippen LogP) is 2.53. The molecule has 1 aliphatic heterocycles. The first-order valence-electron chi connectivity index (χ1n) is 7.75. The topological polar surface area (TPSA) is 61.4 Å². The van der Waals surface area contributed by atoms with Crippen molar-refractivity contribution < 1.29 is 9.59 Å². The van der Waals surface area contributed by atoms with Gasteiger partial charge in [-0.1, -0.05) is 6.07 Å². The van der Waals surface area contributed by atoms with Gasteiger partial charge in [-0.3, -0.25) is 9.59 Å². The molecular weight excluding hydrogens is 278 g/mol. The first-order chi connectivity index (χ1) is 10.3. The zero-order valence-corrected chi connectivity index (χ0v) is 13.8. The summed E-state index contributed by atoms with van der Waals surface area (Å²) in [7, 11) is 0. The second-order valence-electron chi connectivity index (χ2n) is 6.80. The first kappa shape index (κ1) is 16.3.